The van der Waals surface area contributed by atoms with E-state index >= 15 is 0 Å². The first-order valence-electron chi connectivity index (χ1n) is 7.79. The Morgan fingerprint density at radius 3 is 2.39 bits per heavy atom. The Morgan fingerprint density at radius 2 is 1.87 bits per heavy atom. The molecule has 1 aromatic heterocycles. The SMILES string of the molecule is CCCC(C(=O)O)c1c(C)nc(N(C)C)nc1-c1ccccc1. The molecule has 1 heterocycles. The van der Waals surface area contributed by atoms with Gasteiger partial charge in [-0.15, -0.1) is 0 Å². The van der Waals surface area contributed by atoms with Gasteiger partial charge < -0.3 is 10.0 Å². The fourth-order valence-corrected chi connectivity index (χ4v) is 2.68. The molecule has 0 bridgehead atoms. The van der Waals surface area contributed by atoms with Gasteiger partial charge in [0.15, 0.2) is 0 Å². The molecule has 1 N–H and O–H groups in total. The van der Waals surface area contributed by atoms with Gasteiger partial charge in [-0.3, -0.25) is 4.79 Å². The molecule has 122 valence electrons. The lowest BCUT2D eigenvalue weighted by Gasteiger charge is -2.21. The number of anilines is 1. The van der Waals surface area contributed by atoms with Crippen molar-refractivity contribution in [2.75, 3.05) is 19.0 Å². The van der Waals surface area contributed by atoms with E-state index in [0.717, 1.165) is 23.2 Å². The molecule has 0 aliphatic heterocycles. The van der Waals surface area contributed by atoms with E-state index in [9.17, 15) is 9.90 Å². The Labute approximate surface area is 137 Å². The van der Waals surface area contributed by atoms with E-state index in [1.165, 1.54) is 0 Å². The second-order valence-electron chi connectivity index (χ2n) is 5.81. The van der Waals surface area contributed by atoms with E-state index in [1.807, 2.05) is 63.2 Å². The first-order chi connectivity index (χ1) is 11.0. The van der Waals surface area contributed by atoms with Gasteiger partial charge in [0.25, 0.3) is 0 Å². The van der Waals surface area contributed by atoms with Crippen LogP contribution in [0.5, 0.6) is 0 Å². The minimum Gasteiger partial charge on any atom is -0.481 e. The standard InChI is InChI=1S/C18H23N3O2/c1-5-9-14(17(22)23)15-12(2)19-18(21(3)4)20-16(15)13-10-7-6-8-11-13/h6-8,10-11,14H,5,9H2,1-4H3,(H,22,23). The fraction of sp³-hybridized carbons (Fsp3) is 0.389. The van der Waals surface area contributed by atoms with Crippen LogP contribution in [0.1, 0.15) is 36.9 Å². The third-order valence-corrected chi connectivity index (χ3v) is 3.80. The molecule has 0 saturated heterocycles. The van der Waals surface area contributed by atoms with E-state index in [2.05, 4.69) is 9.97 Å². The molecule has 0 amide bonds. The van der Waals surface area contributed by atoms with Gasteiger partial charge in [-0.2, -0.15) is 0 Å². The first kappa shape index (κ1) is 16.9. The van der Waals surface area contributed by atoms with Crippen molar-refractivity contribution in [1.82, 2.24) is 9.97 Å². The topological polar surface area (TPSA) is 66.3 Å². The summed E-state index contributed by atoms with van der Waals surface area (Å²) in [6.07, 6.45) is 1.36. The van der Waals surface area contributed by atoms with Gasteiger partial charge >= 0.3 is 5.97 Å². The van der Waals surface area contributed by atoms with Crippen molar-refractivity contribution in [2.24, 2.45) is 0 Å². The van der Waals surface area contributed by atoms with E-state index in [0.29, 0.717) is 18.1 Å². The zero-order valence-electron chi connectivity index (χ0n) is 14.1. The maximum Gasteiger partial charge on any atom is 0.311 e. The van der Waals surface area contributed by atoms with Gasteiger partial charge in [0.05, 0.1) is 11.6 Å². The number of nitrogens with zero attached hydrogens (tertiary/aromatic N) is 3. The second-order valence-corrected chi connectivity index (χ2v) is 5.81. The zero-order chi connectivity index (χ0) is 17.0. The van der Waals surface area contributed by atoms with Crippen LogP contribution < -0.4 is 4.90 Å². The Balaban J connectivity index is 2.71. The fourth-order valence-electron chi connectivity index (χ4n) is 2.68. The predicted molar refractivity (Wildman–Crippen MR) is 91.8 cm³/mol. The summed E-state index contributed by atoms with van der Waals surface area (Å²) in [7, 11) is 3.76. The summed E-state index contributed by atoms with van der Waals surface area (Å²) < 4.78 is 0. The van der Waals surface area contributed by atoms with Gasteiger partial charge in [-0.25, -0.2) is 9.97 Å². The molecule has 23 heavy (non-hydrogen) atoms. The Kier molecular flexibility index (Phi) is 5.32. The van der Waals surface area contributed by atoms with Crippen LogP contribution in [-0.2, 0) is 4.79 Å². The third-order valence-electron chi connectivity index (χ3n) is 3.80. The number of rotatable bonds is 6. The van der Waals surface area contributed by atoms with Gasteiger partial charge in [0, 0.05) is 30.9 Å². The van der Waals surface area contributed by atoms with Crippen LogP contribution in [0.15, 0.2) is 30.3 Å². The molecule has 1 atom stereocenters. The largest absolute Gasteiger partial charge is 0.481 e. The summed E-state index contributed by atoms with van der Waals surface area (Å²) in [4.78, 5) is 22.7. The summed E-state index contributed by atoms with van der Waals surface area (Å²) in [5.74, 6) is -0.828. The van der Waals surface area contributed by atoms with E-state index in [-0.39, 0.29) is 0 Å². The van der Waals surface area contributed by atoms with E-state index < -0.39 is 11.9 Å². The summed E-state index contributed by atoms with van der Waals surface area (Å²) in [5.41, 5.74) is 3.07. The number of hydrogen-bond acceptors (Lipinski definition) is 4. The average Bonchev–Trinajstić information content (AvgIpc) is 2.53. The third kappa shape index (κ3) is 3.67. The number of carboxylic acid groups (broad SMARTS) is 1. The minimum atomic E-state index is -0.826. The quantitative estimate of drug-likeness (QED) is 0.884. The monoisotopic (exact) mass is 313 g/mol. The molecule has 1 unspecified atom stereocenters. The van der Waals surface area contributed by atoms with Crippen LogP contribution in [0.2, 0.25) is 0 Å². The Hall–Kier alpha value is -2.43. The van der Waals surface area contributed by atoms with E-state index in [4.69, 9.17) is 0 Å². The van der Waals surface area contributed by atoms with Crippen LogP contribution in [0, 0.1) is 6.92 Å². The van der Waals surface area contributed by atoms with Crippen molar-refractivity contribution >= 4 is 11.9 Å². The molecule has 2 rings (SSSR count). The van der Waals surface area contributed by atoms with Gasteiger partial charge in [0.2, 0.25) is 5.95 Å². The van der Waals surface area contributed by atoms with Crippen molar-refractivity contribution in [3.05, 3.63) is 41.6 Å². The van der Waals surface area contributed by atoms with Crippen LogP contribution in [0.3, 0.4) is 0 Å². The molecular weight excluding hydrogens is 290 g/mol. The summed E-state index contributed by atoms with van der Waals surface area (Å²) in [6, 6.07) is 9.71. The Morgan fingerprint density at radius 1 is 1.22 bits per heavy atom. The van der Waals surface area contributed by atoms with Crippen molar-refractivity contribution in [3.8, 4) is 11.3 Å². The lowest BCUT2D eigenvalue weighted by molar-refractivity contribution is -0.139. The summed E-state index contributed by atoms with van der Waals surface area (Å²) >= 11 is 0. The molecule has 1 aromatic carbocycles. The summed E-state index contributed by atoms with van der Waals surface area (Å²) in [5, 5.41) is 9.67. The van der Waals surface area contributed by atoms with Gasteiger partial charge in [-0.1, -0.05) is 43.7 Å². The lowest BCUT2D eigenvalue weighted by Crippen LogP contribution is -2.19. The van der Waals surface area contributed by atoms with Crippen molar-refractivity contribution < 1.29 is 9.90 Å². The van der Waals surface area contributed by atoms with Gasteiger partial charge in [0.1, 0.15) is 0 Å². The Bertz CT molecular complexity index is 684. The number of aromatic nitrogens is 2. The molecule has 5 nitrogen and oxygen atoms in total. The number of hydrogen-bond donors (Lipinski definition) is 1. The second kappa shape index (κ2) is 7.22. The maximum atomic E-state index is 11.8. The van der Waals surface area contributed by atoms with Crippen molar-refractivity contribution in [2.45, 2.75) is 32.6 Å². The molecule has 2 aromatic rings. The lowest BCUT2D eigenvalue weighted by atomic mass is 9.89. The molecule has 0 radical (unpaired) electrons. The smallest absolute Gasteiger partial charge is 0.311 e. The maximum absolute atomic E-state index is 11.8. The number of carbonyl (C=O) groups is 1. The van der Waals surface area contributed by atoms with Crippen LogP contribution in [-0.4, -0.2) is 35.1 Å². The van der Waals surface area contributed by atoms with Gasteiger partial charge in [-0.05, 0) is 13.3 Å². The molecule has 0 spiro atoms. The molecular formula is C18H23N3O2. The number of carboxylic acids is 1. The zero-order valence-corrected chi connectivity index (χ0v) is 14.1. The number of aryl methyl sites for hydroxylation is 1. The molecule has 0 fully saturated rings. The number of benzene rings is 1. The van der Waals surface area contributed by atoms with Crippen molar-refractivity contribution in [1.29, 1.82) is 0 Å². The number of aliphatic carboxylic acids is 1. The normalized spacial score (nSPS) is 12.0. The predicted octanol–water partition coefficient (Wildman–Crippen LogP) is 3.49. The average molecular weight is 313 g/mol. The van der Waals surface area contributed by atoms with E-state index in [1.54, 1.807) is 0 Å². The minimum absolute atomic E-state index is 0.570. The van der Waals surface area contributed by atoms with Crippen molar-refractivity contribution in [3.63, 3.8) is 0 Å². The highest BCUT2D eigenvalue weighted by Gasteiger charge is 2.27. The van der Waals surface area contributed by atoms with Crippen LogP contribution in [0.25, 0.3) is 11.3 Å². The summed E-state index contributed by atoms with van der Waals surface area (Å²) in [6.45, 7) is 3.85. The first-order valence-corrected chi connectivity index (χ1v) is 7.79. The van der Waals surface area contributed by atoms with Crippen LogP contribution in [0.4, 0.5) is 5.95 Å². The molecule has 0 aliphatic rings. The highest BCUT2D eigenvalue weighted by molar-refractivity contribution is 5.81. The molecule has 0 saturated carbocycles. The molecule has 5 heteroatoms. The highest BCUT2D eigenvalue weighted by Crippen LogP contribution is 2.33. The van der Waals surface area contributed by atoms with Crippen LogP contribution >= 0.6 is 0 Å². The molecule has 0 aliphatic carbocycles. The highest BCUT2D eigenvalue weighted by atomic mass is 16.4.